The van der Waals surface area contributed by atoms with Crippen molar-refractivity contribution < 1.29 is 75.0 Å². The van der Waals surface area contributed by atoms with Crippen LogP contribution in [0.4, 0.5) is 0 Å². The van der Waals surface area contributed by atoms with Gasteiger partial charge in [0, 0.05) is 0 Å². The molecule has 0 aromatic carbocycles. The van der Waals surface area contributed by atoms with Crippen LogP contribution >= 0.6 is 0 Å². The van der Waals surface area contributed by atoms with Gasteiger partial charge >= 0.3 is 105 Å². The van der Waals surface area contributed by atoms with E-state index in [1.54, 1.807) is 0 Å². The topological polar surface area (TPSA) is 288 Å². The number of carbonyl (C=O) groups is 5. The minimum absolute atomic E-state index is 0. The van der Waals surface area contributed by atoms with Gasteiger partial charge in [-0.3, -0.25) is 0 Å². The molecule has 17 heteroatoms. The van der Waals surface area contributed by atoms with Crippen LogP contribution in [0.2, 0.25) is 0 Å². The van der Waals surface area contributed by atoms with E-state index in [1.807, 2.05) is 0 Å². The summed E-state index contributed by atoms with van der Waals surface area (Å²) in [6, 6.07) is 0. The van der Waals surface area contributed by atoms with Gasteiger partial charge in [0.2, 0.25) is 0 Å². The summed E-state index contributed by atoms with van der Waals surface area (Å²) < 4.78 is 0. The minimum atomic E-state index is -1.23. The normalized spacial score (nSPS) is 12.8. The third-order valence-electron chi connectivity index (χ3n) is 1.79. The summed E-state index contributed by atoms with van der Waals surface area (Å²) in [5.74, 6) is -5.93. The SMILES string of the molecule is CC(O)C(=O)O.CC(O)C(=O)O.CC(O)C(=O)O.CC(O)C(=O)O.CC(O)C(=O)O.[CaH2].[CaH2]. The zero-order chi connectivity index (χ0) is 25.8. The summed E-state index contributed by atoms with van der Waals surface area (Å²) in [5.41, 5.74) is 0. The molecule has 0 heterocycles. The molecule has 0 radical (unpaired) electrons. The molecule has 15 nitrogen and oxygen atoms in total. The van der Waals surface area contributed by atoms with Gasteiger partial charge in [-0.2, -0.15) is 0 Å². The van der Waals surface area contributed by atoms with Crippen LogP contribution in [-0.2, 0) is 24.0 Å². The Labute approximate surface area is 243 Å². The van der Waals surface area contributed by atoms with E-state index in [-0.39, 0.29) is 75.5 Å². The van der Waals surface area contributed by atoms with Gasteiger partial charge in [-0.15, -0.1) is 0 Å². The van der Waals surface area contributed by atoms with Crippen molar-refractivity contribution in [3.63, 3.8) is 0 Å². The molecule has 0 saturated heterocycles. The van der Waals surface area contributed by atoms with Gasteiger partial charge in [-0.05, 0) is 34.6 Å². The molecular weight excluding hydrogens is 500 g/mol. The fourth-order valence-corrected chi connectivity index (χ4v) is 0. The summed E-state index contributed by atoms with van der Waals surface area (Å²) in [6.45, 7) is 5.98. The van der Waals surface area contributed by atoms with Crippen LogP contribution in [0, 0.1) is 0 Å². The van der Waals surface area contributed by atoms with E-state index in [1.165, 1.54) is 34.6 Å². The Kier molecular flexibility index (Phi) is 46.9. The van der Waals surface area contributed by atoms with Crippen LogP contribution in [0.3, 0.4) is 0 Å². The number of carboxylic acid groups (broad SMARTS) is 5. The molecule has 0 aliphatic heterocycles. The fourth-order valence-electron chi connectivity index (χ4n) is 0. The maximum absolute atomic E-state index is 9.45. The fraction of sp³-hybridized carbons (Fsp3) is 0.667. The van der Waals surface area contributed by atoms with Gasteiger partial charge in [0.05, 0.1) is 0 Å². The molecule has 5 atom stereocenters. The first-order valence-electron chi connectivity index (χ1n) is 7.76. The zero-order valence-electron chi connectivity index (χ0n) is 16.9. The molecule has 0 aliphatic rings. The van der Waals surface area contributed by atoms with Gasteiger partial charge in [0.25, 0.3) is 0 Å². The predicted molar refractivity (Wildman–Crippen MR) is 114 cm³/mol. The van der Waals surface area contributed by atoms with Crippen molar-refractivity contribution in [2.45, 2.75) is 65.1 Å². The molecule has 0 saturated carbocycles. The zero-order valence-corrected chi connectivity index (χ0v) is 16.9. The molecule has 32 heavy (non-hydrogen) atoms. The van der Waals surface area contributed by atoms with Crippen LogP contribution in [-0.4, -0.2) is 187 Å². The number of hydrogen-bond donors (Lipinski definition) is 10. The summed E-state index contributed by atoms with van der Waals surface area (Å²) in [5, 5.41) is 78.9. The summed E-state index contributed by atoms with van der Waals surface area (Å²) in [6.07, 6.45) is -6.16. The Hall–Kier alpha value is -0.331. The average molecular weight is 535 g/mol. The third kappa shape index (κ3) is 63.0. The molecule has 0 bridgehead atoms. The number of aliphatic carboxylic acids is 5. The Morgan fingerprint density at radius 2 is 0.406 bits per heavy atom. The second-order valence-electron chi connectivity index (χ2n) is 5.07. The van der Waals surface area contributed by atoms with Gasteiger partial charge < -0.3 is 51.1 Å². The van der Waals surface area contributed by atoms with E-state index in [4.69, 9.17) is 51.1 Å². The first-order chi connectivity index (χ1) is 13.2. The third-order valence-corrected chi connectivity index (χ3v) is 1.79. The van der Waals surface area contributed by atoms with E-state index in [0.29, 0.717) is 0 Å². The number of rotatable bonds is 5. The molecule has 0 rings (SSSR count). The molecule has 0 aromatic heterocycles. The summed E-state index contributed by atoms with van der Waals surface area (Å²) in [7, 11) is 0. The average Bonchev–Trinajstić information content (AvgIpc) is 2.56. The molecule has 0 amide bonds. The number of hydrogen-bond acceptors (Lipinski definition) is 10. The number of aliphatic hydroxyl groups excluding tert-OH is 5. The van der Waals surface area contributed by atoms with Gasteiger partial charge in [0.15, 0.2) is 0 Å². The standard InChI is InChI=1S/5C3H6O3.2Ca.4H/c5*1-2(4)3(5)6;;;;;;/h5*2,4H,1H3,(H,5,6);;;;;;. The van der Waals surface area contributed by atoms with Crippen molar-refractivity contribution in [3.05, 3.63) is 0 Å². The van der Waals surface area contributed by atoms with Crippen LogP contribution in [0.1, 0.15) is 34.6 Å². The van der Waals surface area contributed by atoms with E-state index >= 15 is 0 Å². The van der Waals surface area contributed by atoms with Crippen molar-refractivity contribution in [1.82, 2.24) is 0 Å². The second-order valence-corrected chi connectivity index (χ2v) is 5.07. The second kappa shape index (κ2) is 30.7. The van der Waals surface area contributed by atoms with E-state index in [9.17, 15) is 24.0 Å². The van der Waals surface area contributed by atoms with Crippen molar-refractivity contribution in [3.8, 4) is 0 Å². The number of carboxylic acids is 5. The van der Waals surface area contributed by atoms with Crippen molar-refractivity contribution in [1.29, 1.82) is 0 Å². The van der Waals surface area contributed by atoms with Crippen molar-refractivity contribution in [2.24, 2.45) is 0 Å². The van der Waals surface area contributed by atoms with Crippen LogP contribution in [0.25, 0.3) is 0 Å². The summed E-state index contributed by atoms with van der Waals surface area (Å²) in [4.78, 5) is 47.2. The Morgan fingerprint density at radius 3 is 0.406 bits per heavy atom. The molecule has 5 unspecified atom stereocenters. The maximum atomic E-state index is 9.45. The van der Waals surface area contributed by atoms with Crippen LogP contribution in [0.15, 0.2) is 0 Å². The van der Waals surface area contributed by atoms with Crippen LogP contribution < -0.4 is 0 Å². The number of aliphatic hydroxyl groups is 5. The van der Waals surface area contributed by atoms with E-state index < -0.39 is 60.4 Å². The predicted octanol–water partition coefficient (Wildman–Crippen LogP) is -4.57. The molecule has 10 N–H and O–H groups in total. The Bertz CT molecular complexity index is 401. The Morgan fingerprint density at radius 1 is 0.375 bits per heavy atom. The molecule has 0 spiro atoms. The van der Waals surface area contributed by atoms with Crippen molar-refractivity contribution >= 4 is 105 Å². The van der Waals surface area contributed by atoms with Crippen molar-refractivity contribution in [2.75, 3.05) is 0 Å². The van der Waals surface area contributed by atoms with Gasteiger partial charge in [-0.25, -0.2) is 24.0 Å². The first kappa shape index (κ1) is 48.9. The first-order valence-corrected chi connectivity index (χ1v) is 7.76. The van der Waals surface area contributed by atoms with Gasteiger partial charge in [-0.1, -0.05) is 0 Å². The van der Waals surface area contributed by atoms with E-state index in [0.717, 1.165) is 0 Å². The summed E-state index contributed by atoms with van der Waals surface area (Å²) >= 11 is 0. The monoisotopic (exact) mass is 534 g/mol. The van der Waals surface area contributed by atoms with Crippen LogP contribution in [0.5, 0.6) is 0 Å². The quantitative estimate of drug-likeness (QED) is 0.148. The van der Waals surface area contributed by atoms with E-state index in [2.05, 4.69) is 0 Å². The molecule has 0 aliphatic carbocycles. The molecule has 0 fully saturated rings. The Balaban J connectivity index is -0.0000000481. The molecule has 0 aromatic rings. The molecular formula is C15H34Ca2O15. The van der Waals surface area contributed by atoms with Gasteiger partial charge in [0.1, 0.15) is 30.5 Å². The molecule has 188 valence electrons.